The predicted octanol–water partition coefficient (Wildman–Crippen LogP) is 1.29. The monoisotopic (exact) mass is 316 g/mol. The van der Waals surface area contributed by atoms with E-state index in [0.29, 0.717) is 19.3 Å². The summed E-state index contributed by atoms with van der Waals surface area (Å²) in [5, 5.41) is 9.14. The van der Waals surface area contributed by atoms with Crippen LogP contribution in [-0.2, 0) is 23.7 Å². The van der Waals surface area contributed by atoms with Crippen LogP contribution < -0.4 is 0 Å². The molecule has 1 aliphatic heterocycles. The number of aliphatic hydroxyl groups excluding tert-OH is 1. The van der Waals surface area contributed by atoms with Crippen LogP contribution in [0.3, 0.4) is 0 Å². The van der Waals surface area contributed by atoms with Crippen LogP contribution in [0, 0.1) is 5.92 Å². The van der Waals surface area contributed by atoms with Gasteiger partial charge in [-0.3, -0.25) is 4.79 Å². The molecule has 0 amide bonds. The van der Waals surface area contributed by atoms with Gasteiger partial charge < -0.3 is 24.1 Å². The van der Waals surface area contributed by atoms with Gasteiger partial charge in [-0.05, 0) is 40.0 Å². The highest BCUT2D eigenvalue weighted by molar-refractivity contribution is 5.72. The molecule has 2 fully saturated rings. The first kappa shape index (κ1) is 17.7. The molecule has 1 saturated carbocycles. The lowest BCUT2D eigenvalue weighted by Crippen LogP contribution is -2.29. The van der Waals surface area contributed by atoms with Crippen molar-refractivity contribution in [1.29, 1.82) is 0 Å². The van der Waals surface area contributed by atoms with Crippen LogP contribution in [0.1, 0.15) is 40.0 Å². The summed E-state index contributed by atoms with van der Waals surface area (Å²) in [7, 11) is 0. The van der Waals surface area contributed by atoms with Gasteiger partial charge >= 0.3 is 5.97 Å². The lowest BCUT2D eigenvalue weighted by Gasteiger charge is -2.21. The standard InChI is InChI=1S/C16H28O6/c1-10(17)7-19-11(2)8-20-12(3)9-21-16(18)13-4-5-14-15(6-13)22-14/h10-15,17H,4-9H2,1-3H3. The van der Waals surface area contributed by atoms with Gasteiger partial charge in [-0.1, -0.05) is 0 Å². The number of carbonyl (C=O) groups excluding carboxylic acids is 1. The van der Waals surface area contributed by atoms with Crippen LogP contribution in [0.4, 0.5) is 0 Å². The first-order valence-corrected chi connectivity index (χ1v) is 8.19. The summed E-state index contributed by atoms with van der Waals surface area (Å²) in [6.45, 7) is 6.39. The van der Waals surface area contributed by atoms with Crippen molar-refractivity contribution in [3.05, 3.63) is 0 Å². The minimum absolute atomic E-state index is 0.0238. The fourth-order valence-corrected chi connectivity index (χ4v) is 2.64. The molecule has 0 radical (unpaired) electrons. The van der Waals surface area contributed by atoms with E-state index in [0.717, 1.165) is 19.3 Å². The van der Waals surface area contributed by atoms with Gasteiger partial charge in [-0.25, -0.2) is 0 Å². The van der Waals surface area contributed by atoms with E-state index in [1.807, 2.05) is 13.8 Å². The second-order valence-electron chi connectivity index (χ2n) is 6.49. The number of hydrogen-bond donors (Lipinski definition) is 1. The zero-order valence-electron chi connectivity index (χ0n) is 13.7. The highest BCUT2D eigenvalue weighted by Gasteiger charge is 2.46. The number of aliphatic hydroxyl groups is 1. The Balaban J connectivity index is 1.54. The number of rotatable bonds is 9. The molecule has 1 saturated heterocycles. The summed E-state index contributed by atoms with van der Waals surface area (Å²) in [6, 6.07) is 0. The molecule has 0 spiro atoms. The van der Waals surface area contributed by atoms with Crippen molar-refractivity contribution >= 4 is 5.97 Å². The molecule has 1 heterocycles. The Hall–Kier alpha value is -0.690. The van der Waals surface area contributed by atoms with E-state index >= 15 is 0 Å². The van der Waals surface area contributed by atoms with Gasteiger partial charge in [0.25, 0.3) is 0 Å². The third kappa shape index (κ3) is 5.83. The predicted molar refractivity (Wildman–Crippen MR) is 79.5 cm³/mol. The minimum atomic E-state index is -0.480. The van der Waals surface area contributed by atoms with E-state index in [2.05, 4.69) is 0 Å². The van der Waals surface area contributed by atoms with Crippen LogP contribution in [0.5, 0.6) is 0 Å². The molecule has 6 atom stereocenters. The Labute approximate surface area is 132 Å². The van der Waals surface area contributed by atoms with Crippen molar-refractivity contribution < 1.29 is 28.8 Å². The molecule has 22 heavy (non-hydrogen) atoms. The zero-order chi connectivity index (χ0) is 16.1. The topological polar surface area (TPSA) is 77.5 Å². The summed E-state index contributed by atoms with van der Waals surface area (Å²) < 4.78 is 21.8. The van der Waals surface area contributed by atoms with Crippen molar-refractivity contribution in [1.82, 2.24) is 0 Å². The third-order valence-electron chi connectivity index (χ3n) is 4.04. The summed E-state index contributed by atoms with van der Waals surface area (Å²) in [6.07, 6.45) is 2.55. The number of fused-ring (bicyclic) bond motifs is 1. The highest BCUT2D eigenvalue weighted by Crippen LogP contribution is 2.39. The molecule has 2 aliphatic rings. The normalized spacial score (nSPS) is 31.0. The molecule has 0 aromatic rings. The maximum Gasteiger partial charge on any atom is 0.309 e. The van der Waals surface area contributed by atoms with Gasteiger partial charge in [0, 0.05) is 0 Å². The average Bonchev–Trinajstić information content (AvgIpc) is 3.26. The quantitative estimate of drug-likeness (QED) is 0.510. The SMILES string of the molecule is CC(O)COC(C)COC(C)COC(=O)C1CCC2OC2C1. The molecule has 128 valence electrons. The minimum Gasteiger partial charge on any atom is -0.463 e. The Morgan fingerprint density at radius 1 is 1.09 bits per heavy atom. The van der Waals surface area contributed by atoms with E-state index in [1.165, 1.54) is 0 Å². The first-order chi connectivity index (χ1) is 10.5. The van der Waals surface area contributed by atoms with Gasteiger partial charge in [-0.15, -0.1) is 0 Å². The van der Waals surface area contributed by atoms with E-state index in [9.17, 15) is 4.79 Å². The molecule has 6 nitrogen and oxygen atoms in total. The lowest BCUT2D eigenvalue weighted by atomic mass is 9.89. The molecule has 0 bridgehead atoms. The van der Waals surface area contributed by atoms with Crippen LogP contribution in [-0.4, -0.2) is 61.4 Å². The average molecular weight is 316 g/mol. The van der Waals surface area contributed by atoms with Gasteiger partial charge in [0.1, 0.15) is 6.61 Å². The smallest absolute Gasteiger partial charge is 0.309 e. The molecule has 6 unspecified atom stereocenters. The lowest BCUT2D eigenvalue weighted by molar-refractivity contribution is -0.154. The van der Waals surface area contributed by atoms with Gasteiger partial charge in [0.15, 0.2) is 0 Å². The van der Waals surface area contributed by atoms with Crippen molar-refractivity contribution in [3.8, 4) is 0 Å². The van der Waals surface area contributed by atoms with Gasteiger partial charge in [0.05, 0.1) is 49.7 Å². The van der Waals surface area contributed by atoms with Gasteiger partial charge in [0.2, 0.25) is 0 Å². The first-order valence-electron chi connectivity index (χ1n) is 8.19. The summed E-state index contributed by atoms with van der Waals surface area (Å²) in [4.78, 5) is 12.0. The van der Waals surface area contributed by atoms with E-state index < -0.39 is 6.10 Å². The number of carbonyl (C=O) groups is 1. The van der Waals surface area contributed by atoms with E-state index in [1.54, 1.807) is 6.92 Å². The maximum atomic E-state index is 12.0. The zero-order valence-corrected chi connectivity index (χ0v) is 13.7. The van der Waals surface area contributed by atoms with E-state index in [4.69, 9.17) is 24.1 Å². The van der Waals surface area contributed by atoms with Crippen LogP contribution in [0.15, 0.2) is 0 Å². The number of hydrogen-bond acceptors (Lipinski definition) is 6. The molecular weight excluding hydrogens is 288 g/mol. The molecule has 1 aliphatic carbocycles. The summed E-state index contributed by atoms with van der Waals surface area (Å²) in [5.41, 5.74) is 0. The highest BCUT2D eigenvalue weighted by atomic mass is 16.6. The van der Waals surface area contributed by atoms with Crippen molar-refractivity contribution in [2.24, 2.45) is 5.92 Å². The van der Waals surface area contributed by atoms with Crippen molar-refractivity contribution in [2.75, 3.05) is 19.8 Å². The number of ether oxygens (including phenoxy) is 4. The molecular formula is C16H28O6. The van der Waals surface area contributed by atoms with Crippen LogP contribution >= 0.6 is 0 Å². The molecule has 2 rings (SSSR count). The largest absolute Gasteiger partial charge is 0.463 e. The Kier molecular flexibility index (Phi) is 6.62. The number of epoxide rings is 1. The molecule has 1 N–H and O–H groups in total. The van der Waals surface area contributed by atoms with Crippen molar-refractivity contribution in [3.63, 3.8) is 0 Å². The fourth-order valence-electron chi connectivity index (χ4n) is 2.64. The van der Waals surface area contributed by atoms with E-state index in [-0.39, 0.29) is 36.8 Å². The Morgan fingerprint density at radius 3 is 2.45 bits per heavy atom. The third-order valence-corrected chi connectivity index (χ3v) is 4.04. The molecule has 0 aromatic heterocycles. The molecule has 0 aromatic carbocycles. The maximum absolute atomic E-state index is 12.0. The number of esters is 1. The summed E-state index contributed by atoms with van der Waals surface area (Å²) >= 11 is 0. The van der Waals surface area contributed by atoms with Gasteiger partial charge in [-0.2, -0.15) is 0 Å². The van der Waals surface area contributed by atoms with Crippen molar-refractivity contribution in [2.45, 2.75) is 70.6 Å². The second kappa shape index (κ2) is 8.24. The van der Waals surface area contributed by atoms with Crippen LogP contribution in [0.2, 0.25) is 0 Å². The Bertz CT molecular complexity index is 359. The Morgan fingerprint density at radius 2 is 1.77 bits per heavy atom. The van der Waals surface area contributed by atoms with Crippen LogP contribution in [0.25, 0.3) is 0 Å². The second-order valence-corrected chi connectivity index (χ2v) is 6.49. The fraction of sp³-hybridized carbons (Fsp3) is 0.938. The molecule has 6 heteroatoms. The summed E-state index contributed by atoms with van der Waals surface area (Å²) in [5.74, 6) is -0.160.